The van der Waals surface area contributed by atoms with Gasteiger partial charge < -0.3 is 9.66 Å². The summed E-state index contributed by atoms with van der Waals surface area (Å²) in [5.41, 5.74) is 0. The van der Waals surface area contributed by atoms with Crippen LogP contribution in [0.2, 0.25) is 0 Å². The van der Waals surface area contributed by atoms with Gasteiger partial charge in [0, 0.05) is 5.25 Å². The van der Waals surface area contributed by atoms with E-state index < -0.39 is 21.5 Å². The molecule has 0 heterocycles. The van der Waals surface area contributed by atoms with Crippen molar-refractivity contribution in [2.45, 2.75) is 141 Å². The predicted molar refractivity (Wildman–Crippen MR) is 114 cm³/mol. The largest absolute Gasteiger partial charge is 1.00 e. The van der Waals surface area contributed by atoms with Crippen LogP contribution in [0, 0.1) is 0 Å². The molecule has 4 nitrogen and oxygen atoms in total. The first-order valence-electron chi connectivity index (χ1n) is 11.5. The Morgan fingerprint density at radius 1 is 0.679 bits per heavy atom. The third-order valence-electron chi connectivity index (χ3n) is 5.58. The van der Waals surface area contributed by atoms with Crippen LogP contribution in [0.5, 0.6) is 0 Å². The summed E-state index contributed by atoms with van der Waals surface area (Å²) in [6, 6.07) is 0. The van der Waals surface area contributed by atoms with E-state index in [2.05, 4.69) is 6.92 Å². The SMILES string of the molecule is CCCCCCCCCCCCCCCCC(O)CCC(CC)S(=O)(=O)[O-].[Na+]. The molecule has 0 aliphatic heterocycles. The fourth-order valence-corrected chi connectivity index (χ4v) is 4.48. The number of aliphatic hydroxyl groups excluding tert-OH is 1. The van der Waals surface area contributed by atoms with E-state index in [0.29, 0.717) is 19.3 Å². The number of hydrogen-bond acceptors (Lipinski definition) is 4. The predicted octanol–water partition coefficient (Wildman–Crippen LogP) is 3.33. The van der Waals surface area contributed by atoms with Crippen molar-refractivity contribution in [1.82, 2.24) is 0 Å². The molecule has 0 fully saturated rings. The van der Waals surface area contributed by atoms with Crippen LogP contribution in [0.4, 0.5) is 0 Å². The van der Waals surface area contributed by atoms with Gasteiger partial charge in [-0.05, 0) is 25.7 Å². The van der Waals surface area contributed by atoms with E-state index in [4.69, 9.17) is 0 Å². The van der Waals surface area contributed by atoms with Gasteiger partial charge in [-0.25, -0.2) is 8.42 Å². The smallest absolute Gasteiger partial charge is 0.748 e. The van der Waals surface area contributed by atoms with Crippen LogP contribution in [0.3, 0.4) is 0 Å². The van der Waals surface area contributed by atoms with E-state index in [-0.39, 0.29) is 36.0 Å². The monoisotopic (exact) mass is 428 g/mol. The first kappa shape index (κ1) is 31.1. The Kier molecular flexibility index (Phi) is 23.4. The molecule has 0 radical (unpaired) electrons. The summed E-state index contributed by atoms with van der Waals surface area (Å²) in [5, 5.41) is 9.11. The molecule has 0 aliphatic carbocycles. The van der Waals surface area contributed by atoms with E-state index in [1.807, 2.05) is 0 Å². The van der Waals surface area contributed by atoms with Crippen LogP contribution < -0.4 is 29.6 Å². The number of rotatable bonds is 20. The Labute approximate surface area is 197 Å². The fourth-order valence-electron chi connectivity index (χ4n) is 3.65. The van der Waals surface area contributed by atoms with Gasteiger partial charge in [0.05, 0.1) is 16.2 Å². The molecule has 164 valence electrons. The molecule has 28 heavy (non-hydrogen) atoms. The molecule has 0 amide bonds. The summed E-state index contributed by atoms with van der Waals surface area (Å²) in [4.78, 5) is 0. The molecule has 0 saturated carbocycles. The first-order valence-corrected chi connectivity index (χ1v) is 13.0. The van der Waals surface area contributed by atoms with Gasteiger partial charge in [-0.15, -0.1) is 0 Å². The number of hydrogen-bond donors (Lipinski definition) is 1. The third-order valence-corrected chi connectivity index (χ3v) is 6.96. The van der Waals surface area contributed by atoms with Gasteiger partial charge in [-0.3, -0.25) is 0 Å². The van der Waals surface area contributed by atoms with Crippen LogP contribution in [0.1, 0.15) is 129 Å². The summed E-state index contributed by atoms with van der Waals surface area (Å²) in [7, 11) is -4.22. The molecule has 0 bridgehead atoms. The first-order chi connectivity index (χ1) is 12.9. The Morgan fingerprint density at radius 3 is 1.43 bits per heavy atom. The zero-order chi connectivity index (χ0) is 20.4. The summed E-state index contributed by atoms with van der Waals surface area (Å²) < 4.78 is 33.1. The van der Waals surface area contributed by atoms with Gasteiger partial charge in [-0.1, -0.05) is 104 Å². The second-order valence-corrected chi connectivity index (χ2v) is 9.79. The maximum Gasteiger partial charge on any atom is 1.00 e. The minimum Gasteiger partial charge on any atom is -0.748 e. The molecule has 0 aromatic rings. The molecule has 2 atom stereocenters. The molecule has 1 N–H and O–H groups in total. The summed E-state index contributed by atoms with van der Waals surface area (Å²) in [5.74, 6) is 0. The molecule has 0 spiro atoms. The Hall–Kier alpha value is 0.870. The molecular weight excluding hydrogens is 383 g/mol. The molecule has 2 unspecified atom stereocenters. The second-order valence-electron chi connectivity index (χ2n) is 8.14. The van der Waals surface area contributed by atoms with Crippen LogP contribution in [-0.4, -0.2) is 29.4 Å². The zero-order valence-corrected chi connectivity index (χ0v) is 21.8. The van der Waals surface area contributed by atoms with E-state index in [1.165, 1.54) is 77.0 Å². The van der Waals surface area contributed by atoms with Crippen molar-refractivity contribution in [1.29, 1.82) is 0 Å². The van der Waals surface area contributed by atoms with Gasteiger partial charge in [0.25, 0.3) is 0 Å². The molecule has 0 aliphatic rings. The van der Waals surface area contributed by atoms with Crippen LogP contribution >= 0.6 is 0 Å². The van der Waals surface area contributed by atoms with E-state index in [9.17, 15) is 18.1 Å². The van der Waals surface area contributed by atoms with Gasteiger partial charge >= 0.3 is 29.6 Å². The van der Waals surface area contributed by atoms with E-state index in [1.54, 1.807) is 6.92 Å². The van der Waals surface area contributed by atoms with Gasteiger partial charge in [0.15, 0.2) is 0 Å². The second kappa shape index (κ2) is 21.1. The number of unbranched alkanes of at least 4 members (excludes halogenated alkanes) is 13. The van der Waals surface area contributed by atoms with Crippen molar-refractivity contribution < 1.29 is 47.6 Å². The van der Waals surface area contributed by atoms with E-state index in [0.717, 1.165) is 12.8 Å². The van der Waals surface area contributed by atoms with E-state index >= 15 is 0 Å². The van der Waals surface area contributed by atoms with Crippen LogP contribution in [0.15, 0.2) is 0 Å². The molecule has 0 rings (SSSR count). The van der Waals surface area contributed by atoms with Crippen molar-refractivity contribution in [2.24, 2.45) is 0 Å². The maximum absolute atomic E-state index is 11.0. The van der Waals surface area contributed by atoms with Crippen molar-refractivity contribution in [3.63, 3.8) is 0 Å². The Bertz CT molecular complexity index is 415. The quantitative estimate of drug-likeness (QED) is 0.183. The molecule has 0 aromatic carbocycles. The molecular formula is C22H45NaO4S. The Morgan fingerprint density at radius 2 is 1.07 bits per heavy atom. The standard InChI is InChI=1S/C22H46O4S.Na/c1-3-5-6-7-8-9-10-11-12-13-14-15-16-17-18-21(23)19-20-22(4-2)27(24,25)26;/h21-23H,3-20H2,1-2H3,(H,24,25,26);/q;+1/p-1. The topological polar surface area (TPSA) is 77.4 Å². The van der Waals surface area contributed by atoms with Crippen molar-refractivity contribution >= 4 is 10.1 Å². The summed E-state index contributed by atoms with van der Waals surface area (Å²) >= 11 is 0. The average Bonchev–Trinajstić information content (AvgIpc) is 2.61. The maximum atomic E-state index is 11.0. The van der Waals surface area contributed by atoms with Gasteiger partial charge in [-0.2, -0.15) is 0 Å². The molecule has 0 aromatic heterocycles. The van der Waals surface area contributed by atoms with Crippen LogP contribution in [0.25, 0.3) is 0 Å². The molecule has 0 saturated heterocycles. The van der Waals surface area contributed by atoms with Crippen LogP contribution in [-0.2, 0) is 10.1 Å². The third kappa shape index (κ3) is 20.2. The van der Waals surface area contributed by atoms with Crippen molar-refractivity contribution in [3.8, 4) is 0 Å². The summed E-state index contributed by atoms with van der Waals surface area (Å²) in [6.07, 6.45) is 19.6. The van der Waals surface area contributed by atoms with Gasteiger partial charge in [0.1, 0.15) is 0 Å². The summed E-state index contributed by atoms with van der Waals surface area (Å²) in [6.45, 7) is 3.97. The number of aliphatic hydroxyl groups is 1. The Balaban J connectivity index is 0. The van der Waals surface area contributed by atoms with Crippen molar-refractivity contribution in [2.75, 3.05) is 0 Å². The minimum absolute atomic E-state index is 0. The normalized spacial score (nSPS) is 13.9. The van der Waals surface area contributed by atoms with Gasteiger partial charge in [0.2, 0.25) is 0 Å². The average molecular weight is 429 g/mol. The zero-order valence-electron chi connectivity index (χ0n) is 19.0. The fraction of sp³-hybridized carbons (Fsp3) is 1.00. The minimum atomic E-state index is -4.22. The van der Waals surface area contributed by atoms with Crippen molar-refractivity contribution in [3.05, 3.63) is 0 Å². The molecule has 6 heteroatoms.